The fourth-order valence-corrected chi connectivity index (χ4v) is 7.86. The summed E-state index contributed by atoms with van der Waals surface area (Å²) in [5.41, 5.74) is 10.4. The Morgan fingerprint density at radius 3 is 1.31 bits per heavy atom. The zero-order valence-electron chi connectivity index (χ0n) is 31.9. The molecule has 8 heterocycles. The average Bonchev–Trinajstić information content (AvgIpc) is 4.01. The molecule has 2 aliphatic rings. The number of ether oxygens (including phenoxy) is 2. The number of rotatable bonds is 8. The molecule has 0 saturated heterocycles. The number of nitrogens with one attached hydrogen (secondary N) is 2. The number of fused-ring (bicyclic) bond motifs is 6. The third kappa shape index (κ3) is 5.77. The van der Waals surface area contributed by atoms with Gasteiger partial charge in [0.1, 0.15) is 22.8 Å². The topological polar surface area (TPSA) is 147 Å². The lowest BCUT2D eigenvalue weighted by Gasteiger charge is -2.42. The second-order valence-corrected chi connectivity index (χ2v) is 14.2. The van der Waals surface area contributed by atoms with Gasteiger partial charge in [-0.1, -0.05) is 0 Å². The smallest absolute Gasteiger partial charge is 0.354 e. The number of carbonyl (C=O) groups is 4. The van der Waals surface area contributed by atoms with Crippen LogP contribution in [0, 0.1) is 0 Å². The maximum absolute atomic E-state index is 13.7. The zero-order chi connectivity index (χ0) is 39.0. The van der Waals surface area contributed by atoms with Crippen molar-refractivity contribution < 1.29 is 28.7 Å². The van der Waals surface area contributed by atoms with Crippen molar-refractivity contribution in [2.45, 2.75) is 13.1 Å². The first-order chi connectivity index (χ1) is 26.3. The molecule has 55 heavy (non-hydrogen) atoms. The predicted octanol–water partition coefficient (Wildman–Crippen LogP) is 4.43. The van der Waals surface area contributed by atoms with Gasteiger partial charge in [0.2, 0.25) is 0 Å². The molecule has 0 fully saturated rings. The first-order valence-corrected chi connectivity index (χ1v) is 17.6. The van der Waals surface area contributed by atoms with Gasteiger partial charge in [-0.3, -0.25) is 9.59 Å². The summed E-state index contributed by atoms with van der Waals surface area (Å²) in [5, 5.41) is 6.12. The van der Waals surface area contributed by atoms with Gasteiger partial charge in [-0.05, 0) is 36.4 Å². The molecule has 2 N–H and O–H groups in total. The fraction of sp³-hybridized carbons (Fsp3) is 0.282. The summed E-state index contributed by atoms with van der Waals surface area (Å²) in [5.74, 6) is -1.31. The number of aromatic nitrogens is 6. The van der Waals surface area contributed by atoms with Crippen LogP contribution in [0.4, 0.5) is 22.7 Å². The standard InChI is InChI=1S/C39H42N10O6/c1-42-15-22(9-32(42)38(52)54-7)26-11-24(17-44(26)3)40-36(50)30-13-28-34(46(30)5)19-49-21-48(28)20-35-29(49)14-31(47(35)6)37(51)41-25-12-27(45(4)18-25)23-10-33(39(53)55-8)43(2)16-23/h9-18H,19-21H2,1-8H3,(H,40,50)(H,41,51). The number of esters is 2. The minimum Gasteiger partial charge on any atom is -0.464 e. The molecule has 16 heteroatoms. The van der Waals surface area contributed by atoms with Crippen LogP contribution in [-0.4, -0.2) is 72.0 Å². The van der Waals surface area contributed by atoms with Crippen LogP contribution in [0.1, 0.15) is 53.3 Å². The van der Waals surface area contributed by atoms with Crippen LogP contribution in [0.25, 0.3) is 22.5 Å². The monoisotopic (exact) mass is 746 g/mol. The van der Waals surface area contributed by atoms with Gasteiger partial charge in [0.15, 0.2) is 0 Å². The summed E-state index contributed by atoms with van der Waals surface area (Å²) < 4.78 is 20.9. The van der Waals surface area contributed by atoms with E-state index in [9.17, 15) is 19.2 Å². The number of carbonyl (C=O) groups excluding carboxylic acids is 4. The molecule has 0 atom stereocenters. The van der Waals surface area contributed by atoms with E-state index in [2.05, 4.69) is 20.4 Å². The summed E-state index contributed by atoms with van der Waals surface area (Å²) in [6, 6.07) is 11.2. The van der Waals surface area contributed by atoms with Crippen LogP contribution >= 0.6 is 0 Å². The van der Waals surface area contributed by atoms with Crippen molar-refractivity contribution in [1.29, 1.82) is 0 Å². The van der Waals surface area contributed by atoms with Crippen molar-refractivity contribution in [2.24, 2.45) is 42.3 Å². The van der Waals surface area contributed by atoms with Crippen molar-refractivity contribution in [2.75, 3.05) is 41.3 Å². The van der Waals surface area contributed by atoms with Gasteiger partial charge in [-0.2, -0.15) is 0 Å². The molecule has 0 aliphatic carbocycles. The summed E-state index contributed by atoms with van der Waals surface area (Å²) in [6.45, 7) is 1.74. The van der Waals surface area contributed by atoms with Crippen molar-refractivity contribution in [3.63, 3.8) is 0 Å². The Labute approximate surface area is 316 Å². The van der Waals surface area contributed by atoms with E-state index in [1.54, 1.807) is 35.4 Å². The van der Waals surface area contributed by atoms with Crippen LogP contribution in [-0.2, 0) is 64.8 Å². The number of aryl methyl sites for hydroxylation is 4. The van der Waals surface area contributed by atoms with Gasteiger partial charge in [0.25, 0.3) is 11.8 Å². The molecule has 2 aliphatic heterocycles. The first-order valence-electron chi connectivity index (χ1n) is 17.6. The molecule has 6 aromatic rings. The second kappa shape index (κ2) is 12.9. The molecular weight excluding hydrogens is 704 g/mol. The highest BCUT2D eigenvalue weighted by atomic mass is 16.5. The van der Waals surface area contributed by atoms with Gasteiger partial charge in [0, 0.05) is 78.2 Å². The Morgan fingerprint density at radius 2 is 0.927 bits per heavy atom. The fourth-order valence-electron chi connectivity index (χ4n) is 7.86. The molecule has 284 valence electrons. The Kier molecular flexibility index (Phi) is 8.28. The quantitative estimate of drug-likeness (QED) is 0.218. The Morgan fingerprint density at radius 1 is 0.527 bits per heavy atom. The maximum atomic E-state index is 13.7. The number of anilines is 4. The molecule has 2 bridgehead atoms. The number of hydrogen-bond donors (Lipinski definition) is 2. The summed E-state index contributed by atoms with van der Waals surface area (Å²) in [4.78, 5) is 56.2. The SMILES string of the molecule is COC(=O)c1cc(-c2cc(NC(=O)c3cc4c(n3C)CN3CN4Cc4c3cc(C(=O)Nc3cc(-c5cc(C(=O)OC)n(C)c5)n(C)c3)n4C)cn2C)cn1C. The average molecular weight is 747 g/mol. The van der Waals surface area contributed by atoms with E-state index in [1.165, 1.54) is 14.2 Å². The Hall–Kier alpha value is -6.84. The summed E-state index contributed by atoms with van der Waals surface area (Å²) in [6.07, 6.45) is 7.39. The number of nitrogens with zero attached hydrogens (tertiary/aromatic N) is 8. The molecule has 2 amide bonds. The van der Waals surface area contributed by atoms with E-state index >= 15 is 0 Å². The summed E-state index contributed by atoms with van der Waals surface area (Å²) in [7, 11) is 13.8. The molecule has 0 saturated carbocycles. The van der Waals surface area contributed by atoms with Gasteiger partial charge >= 0.3 is 11.9 Å². The number of amides is 2. The maximum Gasteiger partial charge on any atom is 0.354 e. The summed E-state index contributed by atoms with van der Waals surface area (Å²) >= 11 is 0. The van der Waals surface area contributed by atoms with Crippen molar-refractivity contribution >= 4 is 46.5 Å². The number of methoxy groups -OCH3 is 2. The second-order valence-electron chi connectivity index (χ2n) is 14.2. The van der Waals surface area contributed by atoms with Crippen molar-refractivity contribution in [1.82, 2.24) is 27.4 Å². The van der Waals surface area contributed by atoms with Gasteiger partial charge in [-0.15, -0.1) is 0 Å². The van der Waals surface area contributed by atoms with E-state index in [-0.39, 0.29) is 11.8 Å². The van der Waals surface area contributed by atoms with Crippen LogP contribution in [0.5, 0.6) is 0 Å². The van der Waals surface area contributed by atoms with E-state index in [0.29, 0.717) is 53.9 Å². The van der Waals surface area contributed by atoms with E-state index in [1.807, 2.05) is 95.5 Å². The van der Waals surface area contributed by atoms with E-state index in [0.717, 1.165) is 45.3 Å². The largest absolute Gasteiger partial charge is 0.464 e. The van der Waals surface area contributed by atoms with Crippen molar-refractivity contribution in [3.8, 4) is 22.5 Å². The highest BCUT2D eigenvalue weighted by Gasteiger charge is 2.36. The Balaban J connectivity index is 0.983. The molecule has 8 rings (SSSR count). The predicted molar refractivity (Wildman–Crippen MR) is 206 cm³/mol. The first kappa shape index (κ1) is 35.2. The minimum absolute atomic E-state index is 0.236. The highest BCUT2D eigenvalue weighted by molar-refractivity contribution is 6.06. The third-order valence-electron chi connectivity index (χ3n) is 10.8. The van der Waals surface area contributed by atoms with Crippen LogP contribution in [0.15, 0.2) is 61.2 Å². The van der Waals surface area contributed by atoms with Gasteiger partial charge in [-0.25, -0.2) is 9.59 Å². The van der Waals surface area contributed by atoms with Crippen LogP contribution in [0.2, 0.25) is 0 Å². The highest BCUT2D eigenvalue weighted by Crippen LogP contribution is 2.41. The lowest BCUT2D eigenvalue weighted by Crippen LogP contribution is -2.46. The van der Waals surface area contributed by atoms with Crippen molar-refractivity contribution in [3.05, 3.63) is 95.3 Å². The third-order valence-corrected chi connectivity index (χ3v) is 10.8. The van der Waals surface area contributed by atoms with E-state index in [4.69, 9.17) is 9.47 Å². The Bertz CT molecular complexity index is 2400. The van der Waals surface area contributed by atoms with Gasteiger partial charge in [0.05, 0.1) is 79.5 Å². The lowest BCUT2D eigenvalue weighted by atomic mass is 10.1. The van der Waals surface area contributed by atoms with Crippen LogP contribution < -0.4 is 20.4 Å². The zero-order valence-corrected chi connectivity index (χ0v) is 31.9. The number of hydrogen-bond acceptors (Lipinski definition) is 8. The van der Waals surface area contributed by atoms with Crippen LogP contribution in [0.3, 0.4) is 0 Å². The van der Waals surface area contributed by atoms with Gasteiger partial charge < -0.3 is 57.3 Å². The molecular formula is C39H42N10O6. The molecule has 0 aromatic carbocycles. The molecule has 6 aromatic heterocycles. The minimum atomic E-state index is -0.421. The lowest BCUT2D eigenvalue weighted by molar-refractivity contribution is 0.0581. The molecule has 0 spiro atoms. The normalized spacial score (nSPS) is 13.1. The molecule has 0 unspecified atom stereocenters. The van der Waals surface area contributed by atoms with E-state index < -0.39 is 11.9 Å². The molecule has 0 radical (unpaired) electrons. The molecule has 16 nitrogen and oxygen atoms in total.